The van der Waals surface area contributed by atoms with Crippen LogP contribution < -0.4 is 14.4 Å². The lowest BCUT2D eigenvalue weighted by molar-refractivity contribution is -0.140. The molecule has 0 aromatic heterocycles. The van der Waals surface area contributed by atoms with E-state index < -0.39 is 34.1 Å². The van der Waals surface area contributed by atoms with E-state index >= 15 is 0 Å². The van der Waals surface area contributed by atoms with Gasteiger partial charge in [-0.1, -0.05) is 84.4 Å². The number of hydrogen-bond acceptors (Lipinski definition) is 5. The predicted molar refractivity (Wildman–Crippen MR) is 182 cm³/mol. The molecule has 4 aromatic rings. The smallest absolute Gasteiger partial charge is 0.264 e. The van der Waals surface area contributed by atoms with Crippen LogP contribution in [-0.2, 0) is 32.6 Å². The minimum absolute atomic E-state index is 0.0147. The molecule has 0 saturated carbocycles. The van der Waals surface area contributed by atoms with Crippen LogP contribution in [0.2, 0.25) is 5.02 Å². The van der Waals surface area contributed by atoms with E-state index in [-0.39, 0.29) is 36.1 Å². The fourth-order valence-electron chi connectivity index (χ4n) is 5.01. The van der Waals surface area contributed by atoms with Crippen molar-refractivity contribution >= 4 is 39.1 Å². The van der Waals surface area contributed by atoms with E-state index in [1.54, 1.807) is 67.6 Å². The molecule has 1 atom stereocenters. The van der Waals surface area contributed by atoms with Gasteiger partial charge in [-0.2, -0.15) is 0 Å². The molecule has 0 heterocycles. The van der Waals surface area contributed by atoms with Crippen molar-refractivity contribution in [3.8, 4) is 5.75 Å². The number of carbonyl (C=O) groups is 2. The molecule has 4 aromatic carbocycles. The minimum Gasteiger partial charge on any atom is -0.492 e. The lowest BCUT2D eigenvalue weighted by Gasteiger charge is -2.35. The van der Waals surface area contributed by atoms with Crippen molar-refractivity contribution in [3.05, 3.63) is 125 Å². The second kappa shape index (κ2) is 15.3. The molecule has 0 bridgehead atoms. The number of para-hydroxylation sites is 2. The Morgan fingerprint density at radius 3 is 2.09 bits per heavy atom. The molecule has 0 radical (unpaired) electrons. The minimum atomic E-state index is -4.25. The zero-order chi connectivity index (χ0) is 33.3. The topological polar surface area (TPSA) is 96.0 Å². The molecule has 0 aliphatic rings. The van der Waals surface area contributed by atoms with Gasteiger partial charge in [0.15, 0.2) is 0 Å². The first-order valence-electron chi connectivity index (χ1n) is 15.1. The number of nitrogens with one attached hydrogen (secondary N) is 1. The summed E-state index contributed by atoms with van der Waals surface area (Å²) in [6.07, 6.45) is 0.204. The molecule has 2 amide bonds. The highest BCUT2D eigenvalue weighted by Gasteiger charge is 2.36. The van der Waals surface area contributed by atoms with Crippen molar-refractivity contribution in [2.45, 2.75) is 57.1 Å². The van der Waals surface area contributed by atoms with Gasteiger partial charge in [0.05, 0.1) is 17.2 Å². The highest BCUT2D eigenvalue weighted by Crippen LogP contribution is 2.33. The van der Waals surface area contributed by atoms with Crippen molar-refractivity contribution in [1.29, 1.82) is 0 Å². The number of rotatable bonds is 13. The summed E-state index contributed by atoms with van der Waals surface area (Å²) in [4.78, 5) is 30.1. The van der Waals surface area contributed by atoms with Crippen LogP contribution in [0.5, 0.6) is 5.75 Å². The average molecular weight is 662 g/mol. The Labute approximate surface area is 277 Å². The molecule has 10 heteroatoms. The number of amides is 2. The number of ether oxygens (including phenoxy) is 1. The van der Waals surface area contributed by atoms with Crippen LogP contribution in [0.4, 0.5) is 5.69 Å². The highest BCUT2D eigenvalue weighted by molar-refractivity contribution is 7.92. The van der Waals surface area contributed by atoms with Crippen LogP contribution in [0, 0.1) is 0 Å². The number of anilines is 1. The third-order valence-electron chi connectivity index (χ3n) is 7.06. The van der Waals surface area contributed by atoms with Gasteiger partial charge in [-0.05, 0) is 75.2 Å². The zero-order valence-electron chi connectivity index (χ0n) is 26.5. The second-order valence-corrected chi connectivity index (χ2v) is 14.1. The average Bonchev–Trinajstić information content (AvgIpc) is 3.02. The summed E-state index contributed by atoms with van der Waals surface area (Å²) >= 11 is 6.32. The molecule has 46 heavy (non-hydrogen) atoms. The third-order valence-corrected chi connectivity index (χ3v) is 9.06. The van der Waals surface area contributed by atoms with Gasteiger partial charge < -0.3 is 15.0 Å². The first-order chi connectivity index (χ1) is 21.9. The number of hydrogen-bond donors (Lipinski definition) is 1. The number of halogens is 1. The SMILES string of the molecule is CCOc1ccccc1N(CC(=O)N(Cc1cccc(Cl)c1)[C@H](Cc1ccccc1)C(=O)NC(C)(C)C)S(=O)(=O)c1ccccc1. The van der Waals surface area contributed by atoms with Crippen LogP contribution in [0.1, 0.15) is 38.8 Å². The van der Waals surface area contributed by atoms with E-state index in [1.807, 2.05) is 57.2 Å². The van der Waals surface area contributed by atoms with Crippen LogP contribution in [0.3, 0.4) is 0 Å². The first-order valence-corrected chi connectivity index (χ1v) is 16.9. The van der Waals surface area contributed by atoms with E-state index in [2.05, 4.69) is 5.32 Å². The first kappa shape index (κ1) is 34.5. The van der Waals surface area contributed by atoms with Crippen LogP contribution in [-0.4, -0.2) is 49.9 Å². The molecule has 0 unspecified atom stereocenters. The number of benzene rings is 4. The fraction of sp³-hybridized carbons (Fsp3) is 0.278. The maximum Gasteiger partial charge on any atom is 0.264 e. The van der Waals surface area contributed by atoms with Gasteiger partial charge in [-0.15, -0.1) is 0 Å². The van der Waals surface area contributed by atoms with E-state index in [0.29, 0.717) is 16.3 Å². The van der Waals surface area contributed by atoms with Gasteiger partial charge in [-0.25, -0.2) is 8.42 Å². The van der Waals surface area contributed by atoms with Crippen molar-refractivity contribution in [2.24, 2.45) is 0 Å². The predicted octanol–water partition coefficient (Wildman–Crippen LogP) is 6.49. The van der Waals surface area contributed by atoms with E-state index in [9.17, 15) is 18.0 Å². The summed E-state index contributed by atoms with van der Waals surface area (Å²) in [5.74, 6) is -0.625. The Morgan fingerprint density at radius 2 is 1.46 bits per heavy atom. The zero-order valence-corrected chi connectivity index (χ0v) is 28.1. The maximum atomic E-state index is 14.6. The fourth-order valence-corrected chi connectivity index (χ4v) is 6.67. The van der Waals surface area contributed by atoms with Crippen LogP contribution >= 0.6 is 11.6 Å². The van der Waals surface area contributed by atoms with Gasteiger partial charge in [0.2, 0.25) is 11.8 Å². The Kier molecular flexibility index (Phi) is 11.5. The summed E-state index contributed by atoms with van der Waals surface area (Å²) in [6.45, 7) is 7.12. The third kappa shape index (κ3) is 9.11. The number of carbonyl (C=O) groups excluding carboxylic acids is 2. The monoisotopic (exact) mass is 661 g/mol. The summed E-state index contributed by atoms with van der Waals surface area (Å²) in [5, 5.41) is 3.50. The quantitative estimate of drug-likeness (QED) is 0.177. The number of sulfonamides is 1. The molecule has 0 spiro atoms. The molecule has 4 rings (SSSR count). The van der Waals surface area contributed by atoms with Gasteiger partial charge in [-0.3, -0.25) is 13.9 Å². The molecule has 0 aliphatic carbocycles. The molecule has 0 fully saturated rings. The summed E-state index contributed by atoms with van der Waals surface area (Å²) < 4.78 is 35.3. The van der Waals surface area contributed by atoms with Crippen molar-refractivity contribution in [3.63, 3.8) is 0 Å². The van der Waals surface area contributed by atoms with E-state index in [1.165, 1.54) is 17.0 Å². The van der Waals surface area contributed by atoms with Crippen molar-refractivity contribution in [1.82, 2.24) is 10.2 Å². The van der Waals surface area contributed by atoms with Gasteiger partial charge in [0, 0.05) is 23.5 Å². The largest absolute Gasteiger partial charge is 0.492 e. The standard InChI is InChI=1S/C36H40ClN3O5S/c1-5-45-33-22-13-12-21-31(33)40(46(43,44)30-19-10-7-11-20-30)26-34(41)39(25-28-17-14-18-29(37)23-28)32(35(42)38-36(2,3)4)24-27-15-8-6-9-16-27/h6-23,32H,5,24-26H2,1-4H3,(H,38,42)/t32-/m1/s1. The Balaban J connectivity index is 1.85. The van der Waals surface area contributed by atoms with Crippen molar-refractivity contribution in [2.75, 3.05) is 17.5 Å². The summed E-state index contributed by atoms with van der Waals surface area (Å²) in [7, 11) is -4.25. The van der Waals surface area contributed by atoms with Crippen LogP contribution in [0.15, 0.2) is 114 Å². The molecule has 1 N–H and O–H groups in total. The highest BCUT2D eigenvalue weighted by atomic mass is 35.5. The van der Waals surface area contributed by atoms with Gasteiger partial charge >= 0.3 is 0 Å². The molecule has 242 valence electrons. The Hall–Kier alpha value is -4.34. The lowest BCUT2D eigenvalue weighted by Crippen LogP contribution is -2.56. The molecule has 0 aliphatic heterocycles. The normalized spacial score (nSPS) is 12.2. The van der Waals surface area contributed by atoms with Gasteiger partial charge in [0.1, 0.15) is 18.3 Å². The lowest BCUT2D eigenvalue weighted by atomic mass is 10.0. The summed E-state index contributed by atoms with van der Waals surface area (Å²) in [6, 6.07) is 30.1. The van der Waals surface area contributed by atoms with Crippen molar-refractivity contribution < 1.29 is 22.7 Å². The van der Waals surface area contributed by atoms with Gasteiger partial charge in [0.25, 0.3) is 10.0 Å². The maximum absolute atomic E-state index is 14.6. The molecular formula is C36H40ClN3O5S. The molecule has 8 nitrogen and oxygen atoms in total. The van der Waals surface area contributed by atoms with E-state index in [0.717, 1.165) is 9.87 Å². The Morgan fingerprint density at radius 1 is 0.848 bits per heavy atom. The summed E-state index contributed by atoms with van der Waals surface area (Å²) in [5.41, 5.74) is 1.16. The van der Waals surface area contributed by atoms with E-state index in [4.69, 9.17) is 16.3 Å². The molecular weight excluding hydrogens is 622 g/mol. The molecule has 0 saturated heterocycles. The number of nitrogens with zero attached hydrogens (tertiary/aromatic N) is 2. The van der Waals surface area contributed by atoms with Crippen LogP contribution in [0.25, 0.3) is 0 Å². The Bertz CT molecular complexity index is 1730. The second-order valence-electron chi connectivity index (χ2n) is 11.8.